The van der Waals surface area contributed by atoms with Gasteiger partial charge < -0.3 is 9.90 Å². The van der Waals surface area contributed by atoms with Crippen LogP contribution in [0.1, 0.15) is 10.4 Å². The number of nitro benzene ring substituents is 1. The van der Waals surface area contributed by atoms with Crippen LogP contribution in [0.4, 0.5) is 10.1 Å². The molecule has 0 unspecified atom stereocenters. The van der Waals surface area contributed by atoms with Crippen molar-refractivity contribution in [2.75, 3.05) is 0 Å². The Labute approximate surface area is 81.9 Å². The molecule has 0 aliphatic heterocycles. The Morgan fingerprint density at radius 2 is 2.07 bits per heavy atom. The largest absolute Gasteiger partial charge is 0.545 e. The van der Waals surface area contributed by atoms with Crippen LogP contribution in [0.5, 0.6) is 0 Å². The Bertz CT molecular complexity index is 385. The molecule has 0 aliphatic carbocycles. The zero-order valence-electron chi connectivity index (χ0n) is 6.49. The first-order chi connectivity index (χ1) is 6.43. The molecule has 0 spiro atoms. The molecule has 0 saturated carbocycles. The zero-order valence-corrected chi connectivity index (χ0v) is 7.25. The average molecular weight is 219 g/mol. The van der Waals surface area contributed by atoms with Crippen LogP contribution in [0.3, 0.4) is 0 Å². The van der Waals surface area contributed by atoms with Gasteiger partial charge in [-0.15, -0.1) is 0 Å². The summed E-state index contributed by atoms with van der Waals surface area (Å²) in [6.07, 6.45) is 0. The molecule has 14 heavy (non-hydrogen) atoms. The number of carboxylic acid groups (broad SMARTS) is 1. The number of hydrogen-bond acceptors (Lipinski definition) is 4. The molecule has 0 bridgehead atoms. The lowest BCUT2D eigenvalue weighted by Gasteiger charge is -2.04. The van der Waals surface area contributed by atoms with Gasteiger partial charge in [0, 0.05) is 17.7 Å². The lowest BCUT2D eigenvalue weighted by Crippen LogP contribution is -2.23. The van der Waals surface area contributed by atoms with Crippen molar-refractivity contribution in [2.45, 2.75) is 0 Å². The molecule has 0 radical (unpaired) electrons. The van der Waals surface area contributed by atoms with E-state index >= 15 is 0 Å². The number of rotatable bonds is 2. The number of carbonyl (C=O) groups is 1. The van der Waals surface area contributed by atoms with E-state index < -0.39 is 33.0 Å². The van der Waals surface area contributed by atoms with Crippen molar-refractivity contribution in [3.63, 3.8) is 0 Å². The van der Waals surface area contributed by atoms with Crippen molar-refractivity contribution in [1.29, 1.82) is 0 Å². The van der Waals surface area contributed by atoms with E-state index in [0.29, 0.717) is 12.1 Å². The molecule has 0 heterocycles. The monoisotopic (exact) mass is 218 g/mol. The molecule has 0 N–H and O–H groups in total. The van der Waals surface area contributed by atoms with Gasteiger partial charge in [-0.3, -0.25) is 10.1 Å². The summed E-state index contributed by atoms with van der Waals surface area (Å²) < 4.78 is 12.8. The van der Waals surface area contributed by atoms with Crippen molar-refractivity contribution >= 4 is 23.3 Å². The van der Waals surface area contributed by atoms with Crippen molar-refractivity contribution in [3.05, 3.63) is 38.7 Å². The second kappa shape index (κ2) is 3.59. The normalized spacial score (nSPS) is 9.86. The highest BCUT2D eigenvalue weighted by Crippen LogP contribution is 2.26. The van der Waals surface area contributed by atoms with Crippen molar-refractivity contribution < 1.29 is 19.2 Å². The Balaban J connectivity index is 3.42. The van der Waals surface area contributed by atoms with E-state index in [1.54, 1.807) is 0 Å². The number of benzene rings is 1. The lowest BCUT2D eigenvalue weighted by molar-refractivity contribution is -0.384. The lowest BCUT2D eigenvalue weighted by atomic mass is 10.2. The van der Waals surface area contributed by atoms with Crippen LogP contribution in [-0.2, 0) is 0 Å². The highest BCUT2D eigenvalue weighted by atomic mass is 35.5. The number of nitro groups is 1. The van der Waals surface area contributed by atoms with Gasteiger partial charge in [0.15, 0.2) is 0 Å². The van der Waals surface area contributed by atoms with Gasteiger partial charge in [-0.2, -0.15) is 0 Å². The Kier molecular flexibility index (Phi) is 2.66. The smallest absolute Gasteiger partial charge is 0.288 e. The molecule has 7 heteroatoms. The van der Waals surface area contributed by atoms with Gasteiger partial charge in [0.2, 0.25) is 0 Å². The van der Waals surface area contributed by atoms with E-state index in [0.717, 1.165) is 0 Å². The third kappa shape index (κ3) is 1.80. The maximum absolute atomic E-state index is 12.8. The predicted molar refractivity (Wildman–Crippen MR) is 42.4 cm³/mol. The molecule has 74 valence electrons. The number of aromatic carboxylic acids is 1. The molecular formula is C7H2ClFNO4-. The molecule has 1 aromatic rings. The summed E-state index contributed by atoms with van der Waals surface area (Å²) in [7, 11) is 0. The van der Waals surface area contributed by atoms with Gasteiger partial charge in [0.05, 0.1) is 10.9 Å². The maximum atomic E-state index is 12.8. The number of hydrogen-bond donors (Lipinski definition) is 0. The fraction of sp³-hybridized carbons (Fsp3) is 0. The number of halogens is 2. The summed E-state index contributed by atoms with van der Waals surface area (Å²) in [6, 6.07) is 1.08. The standard InChI is InChI=1S/C7H3ClFNO4/c8-4-2-5(9)3(7(11)12)1-6(4)10(13)14/h1-2H,(H,11,12)/p-1. The minimum atomic E-state index is -1.83. The van der Waals surface area contributed by atoms with Gasteiger partial charge in [-0.05, 0) is 0 Å². The Morgan fingerprint density at radius 1 is 1.50 bits per heavy atom. The molecule has 0 amide bonds. The maximum Gasteiger partial charge on any atom is 0.288 e. The fourth-order valence-corrected chi connectivity index (χ4v) is 1.05. The molecule has 0 aromatic heterocycles. The first-order valence-corrected chi connectivity index (χ1v) is 3.66. The molecule has 0 saturated heterocycles. The van der Waals surface area contributed by atoms with Gasteiger partial charge in [0.25, 0.3) is 5.69 Å². The molecule has 0 fully saturated rings. The molecule has 5 nitrogen and oxygen atoms in total. The van der Waals surface area contributed by atoms with E-state index in [9.17, 15) is 24.4 Å². The molecular weight excluding hydrogens is 217 g/mol. The Morgan fingerprint density at radius 3 is 2.50 bits per heavy atom. The molecule has 0 aliphatic rings. The first-order valence-electron chi connectivity index (χ1n) is 3.28. The fourth-order valence-electron chi connectivity index (χ4n) is 0.834. The number of nitrogens with zero attached hydrogens (tertiary/aromatic N) is 1. The summed E-state index contributed by atoms with van der Waals surface area (Å²) >= 11 is 5.31. The van der Waals surface area contributed by atoms with E-state index in [1.807, 2.05) is 0 Å². The SMILES string of the molecule is O=C([O-])c1cc([N+](=O)[O-])c(Cl)cc1F. The van der Waals surface area contributed by atoms with E-state index in [4.69, 9.17) is 11.6 Å². The quantitative estimate of drug-likeness (QED) is 0.542. The minimum Gasteiger partial charge on any atom is -0.545 e. The van der Waals surface area contributed by atoms with Crippen LogP contribution in [0.25, 0.3) is 0 Å². The summed E-state index contributed by atoms with van der Waals surface area (Å²) in [6.45, 7) is 0. The first kappa shape index (κ1) is 10.4. The van der Waals surface area contributed by atoms with Crippen molar-refractivity contribution in [3.8, 4) is 0 Å². The predicted octanol–water partition coefficient (Wildman–Crippen LogP) is 0.751. The van der Waals surface area contributed by atoms with Crippen LogP contribution in [0.15, 0.2) is 12.1 Å². The summed E-state index contributed by atoms with van der Waals surface area (Å²) in [4.78, 5) is 19.7. The third-order valence-corrected chi connectivity index (χ3v) is 1.76. The number of carboxylic acids is 1. The van der Waals surface area contributed by atoms with Crippen LogP contribution in [0.2, 0.25) is 5.02 Å². The minimum absolute atomic E-state index is 0.461. The van der Waals surface area contributed by atoms with Gasteiger partial charge in [-0.25, -0.2) is 4.39 Å². The van der Waals surface area contributed by atoms with Crippen molar-refractivity contribution in [1.82, 2.24) is 0 Å². The second-order valence-corrected chi connectivity index (χ2v) is 2.74. The molecule has 0 atom stereocenters. The Hall–Kier alpha value is -1.69. The van der Waals surface area contributed by atoms with Crippen LogP contribution in [-0.4, -0.2) is 10.9 Å². The van der Waals surface area contributed by atoms with E-state index in [2.05, 4.69) is 0 Å². The second-order valence-electron chi connectivity index (χ2n) is 2.33. The number of carbonyl (C=O) groups excluding carboxylic acids is 1. The third-order valence-electron chi connectivity index (χ3n) is 1.45. The van der Waals surface area contributed by atoms with Gasteiger partial charge in [0.1, 0.15) is 10.8 Å². The van der Waals surface area contributed by atoms with Gasteiger partial charge >= 0.3 is 0 Å². The molecule has 1 rings (SSSR count). The van der Waals surface area contributed by atoms with Crippen molar-refractivity contribution in [2.24, 2.45) is 0 Å². The van der Waals surface area contributed by atoms with Crippen LogP contribution in [0, 0.1) is 15.9 Å². The van der Waals surface area contributed by atoms with Crippen LogP contribution < -0.4 is 5.11 Å². The van der Waals surface area contributed by atoms with Crippen LogP contribution >= 0.6 is 11.6 Å². The highest BCUT2D eigenvalue weighted by molar-refractivity contribution is 6.32. The van der Waals surface area contributed by atoms with E-state index in [1.165, 1.54) is 0 Å². The summed E-state index contributed by atoms with van der Waals surface area (Å²) in [5, 5.41) is 20.1. The summed E-state index contributed by atoms with van der Waals surface area (Å²) in [5.41, 5.74) is -1.56. The highest BCUT2D eigenvalue weighted by Gasteiger charge is 2.17. The average Bonchev–Trinajstić information content (AvgIpc) is 2.02. The molecule has 1 aromatic carbocycles. The van der Waals surface area contributed by atoms with E-state index in [-0.39, 0.29) is 0 Å². The topological polar surface area (TPSA) is 83.3 Å². The van der Waals surface area contributed by atoms with Gasteiger partial charge in [-0.1, -0.05) is 11.6 Å². The summed E-state index contributed by atoms with van der Waals surface area (Å²) in [5.74, 6) is -3.00. The zero-order chi connectivity index (χ0) is 10.9.